The molecule has 2 rings (SSSR count). The number of carboxylic acids is 1. The Kier molecular flexibility index (Phi) is 3.44. The fraction of sp³-hybridized carbons (Fsp3) is 0.273. The molecule has 0 saturated heterocycles. The molecule has 0 unspecified atom stereocenters. The van der Waals surface area contributed by atoms with Crippen molar-refractivity contribution in [3.8, 4) is 0 Å². The van der Waals surface area contributed by atoms with Crippen molar-refractivity contribution in [3.05, 3.63) is 42.0 Å². The van der Waals surface area contributed by atoms with Gasteiger partial charge in [-0.3, -0.25) is 9.78 Å². The van der Waals surface area contributed by atoms with Gasteiger partial charge < -0.3 is 5.11 Å². The highest BCUT2D eigenvalue weighted by molar-refractivity contribution is 5.66. The Morgan fingerprint density at radius 1 is 1.35 bits per heavy atom. The zero-order valence-corrected chi connectivity index (χ0v) is 9.15. The van der Waals surface area contributed by atoms with Crippen LogP contribution in [0.1, 0.15) is 17.8 Å². The second-order valence-electron chi connectivity index (χ2n) is 3.62. The van der Waals surface area contributed by atoms with Crippen LogP contribution < -0.4 is 0 Å². The van der Waals surface area contributed by atoms with Gasteiger partial charge in [0.05, 0.1) is 24.4 Å². The third-order valence-corrected chi connectivity index (χ3v) is 2.23. The first kappa shape index (κ1) is 11.3. The summed E-state index contributed by atoms with van der Waals surface area (Å²) in [5.74, 6) is -0.829. The van der Waals surface area contributed by atoms with Crippen molar-refractivity contribution in [1.29, 1.82) is 0 Å². The normalized spacial score (nSPS) is 10.4. The van der Waals surface area contributed by atoms with Gasteiger partial charge in [-0.05, 0) is 12.1 Å². The van der Waals surface area contributed by atoms with Crippen molar-refractivity contribution in [3.63, 3.8) is 0 Å². The third-order valence-electron chi connectivity index (χ3n) is 2.23. The summed E-state index contributed by atoms with van der Waals surface area (Å²) in [6.45, 7) is 0.543. The standard InChI is InChI=1S/C11H12N4O2/c16-11(17)5-4-10-8-15(14-13-10)7-9-3-1-2-6-12-9/h1-3,6,8H,4-5,7H2,(H,16,17). The molecular weight excluding hydrogens is 220 g/mol. The minimum Gasteiger partial charge on any atom is -0.481 e. The van der Waals surface area contributed by atoms with Crippen LogP contribution >= 0.6 is 0 Å². The van der Waals surface area contributed by atoms with Crippen molar-refractivity contribution in [2.45, 2.75) is 19.4 Å². The Bertz CT molecular complexity index is 495. The molecule has 2 aromatic heterocycles. The predicted molar refractivity (Wildman–Crippen MR) is 59.3 cm³/mol. The molecule has 0 bridgehead atoms. The lowest BCUT2D eigenvalue weighted by atomic mass is 10.2. The van der Waals surface area contributed by atoms with Crippen molar-refractivity contribution in [2.24, 2.45) is 0 Å². The number of pyridine rings is 1. The summed E-state index contributed by atoms with van der Waals surface area (Å²) in [6.07, 6.45) is 3.94. The number of hydrogen-bond donors (Lipinski definition) is 1. The molecule has 6 nitrogen and oxygen atoms in total. The molecule has 0 aliphatic carbocycles. The lowest BCUT2D eigenvalue weighted by molar-refractivity contribution is -0.136. The van der Waals surface area contributed by atoms with E-state index in [1.165, 1.54) is 0 Å². The Labute approximate surface area is 97.9 Å². The average Bonchev–Trinajstić information content (AvgIpc) is 2.75. The monoisotopic (exact) mass is 232 g/mol. The first-order chi connectivity index (χ1) is 8.24. The molecule has 0 aliphatic heterocycles. The summed E-state index contributed by atoms with van der Waals surface area (Å²) < 4.78 is 1.65. The first-order valence-corrected chi connectivity index (χ1v) is 5.25. The Morgan fingerprint density at radius 2 is 2.24 bits per heavy atom. The van der Waals surface area contributed by atoms with E-state index in [0.29, 0.717) is 18.7 Å². The van der Waals surface area contributed by atoms with Crippen molar-refractivity contribution < 1.29 is 9.90 Å². The Hall–Kier alpha value is -2.24. The number of nitrogens with zero attached hydrogens (tertiary/aromatic N) is 4. The molecule has 0 spiro atoms. The Balaban J connectivity index is 1.97. The molecule has 0 aromatic carbocycles. The highest BCUT2D eigenvalue weighted by Crippen LogP contribution is 2.01. The second kappa shape index (κ2) is 5.20. The predicted octanol–water partition coefficient (Wildman–Crippen LogP) is 0.739. The maximum absolute atomic E-state index is 10.4. The first-order valence-electron chi connectivity index (χ1n) is 5.25. The molecule has 6 heteroatoms. The number of aliphatic carboxylic acids is 1. The van der Waals surface area contributed by atoms with Crippen molar-refractivity contribution in [1.82, 2.24) is 20.0 Å². The fourth-order valence-electron chi connectivity index (χ4n) is 1.42. The van der Waals surface area contributed by atoms with E-state index in [-0.39, 0.29) is 6.42 Å². The zero-order chi connectivity index (χ0) is 12.1. The van der Waals surface area contributed by atoms with Crippen LogP contribution in [0.15, 0.2) is 30.6 Å². The minimum absolute atomic E-state index is 0.0717. The molecule has 0 amide bonds. The average molecular weight is 232 g/mol. The number of carboxylic acid groups (broad SMARTS) is 1. The summed E-state index contributed by atoms with van der Waals surface area (Å²) in [4.78, 5) is 14.6. The van der Waals surface area contributed by atoms with Crippen LogP contribution in [0.5, 0.6) is 0 Å². The maximum Gasteiger partial charge on any atom is 0.303 e. The molecule has 0 fully saturated rings. The van der Waals surface area contributed by atoms with E-state index in [0.717, 1.165) is 5.69 Å². The Morgan fingerprint density at radius 3 is 2.94 bits per heavy atom. The molecule has 1 N–H and O–H groups in total. The summed E-state index contributed by atoms with van der Waals surface area (Å²) in [5.41, 5.74) is 1.57. The van der Waals surface area contributed by atoms with Crippen LogP contribution in [0.3, 0.4) is 0 Å². The van der Waals surface area contributed by atoms with E-state index >= 15 is 0 Å². The van der Waals surface area contributed by atoms with Crippen LogP contribution in [0.4, 0.5) is 0 Å². The van der Waals surface area contributed by atoms with Crippen LogP contribution in [-0.4, -0.2) is 31.1 Å². The van der Waals surface area contributed by atoms with Gasteiger partial charge in [0.1, 0.15) is 0 Å². The summed E-state index contributed by atoms with van der Waals surface area (Å²) in [5, 5.41) is 16.4. The van der Waals surface area contributed by atoms with Gasteiger partial charge in [-0.15, -0.1) is 5.10 Å². The van der Waals surface area contributed by atoms with Gasteiger partial charge in [-0.2, -0.15) is 0 Å². The number of rotatable bonds is 5. The molecule has 2 aromatic rings. The van der Waals surface area contributed by atoms with E-state index < -0.39 is 5.97 Å². The highest BCUT2D eigenvalue weighted by atomic mass is 16.4. The summed E-state index contributed by atoms with van der Waals surface area (Å²) in [7, 11) is 0. The molecule has 88 valence electrons. The summed E-state index contributed by atoms with van der Waals surface area (Å²) in [6, 6.07) is 5.66. The number of hydrogen-bond acceptors (Lipinski definition) is 4. The quantitative estimate of drug-likeness (QED) is 0.822. The van der Waals surface area contributed by atoms with Crippen molar-refractivity contribution in [2.75, 3.05) is 0 Å². The molecule has 0 aliphatic rings. The number of carbonyl (C=O) groups is 1. The van der Waals surface area contributed by atoms with E-state index in [1.807, 2.05) is 18.2 Å². The van der Waals surface area contributed by atoms with Gasteiger partial charge in [0.25, 0.3) is 0 Å². The van der Waals surface area contributed by atoms with Gasteiger partial charge in [0.15, 0.2) is 0 Å². The van der Waals surface area contributed by atoms with Gasteiger partial charge >= 0.3 is 5.97 Å². The number of aromatic nitrogens is 4. The van der Waals surface area contributed by atoms with Gasteiger partial charge in [0, 0.05) is 18.8 Å². The van der Waals surface area contributed by atoms with Crippen LogP contribution in [0, 0.1) is 0 Å². The van der Waals surface area contributed by atoms with E-state index in [2.05, 4.69) is 15.3 Å². The largest absolute Gasteiger partial charge is 0.481 e. The zero-order valence-electron chi connectivity index (χ0n) is 9.15. The number of aryl methyl sites for hydroxylation is 1. The molecule has 2 heterocycles. The van der Waals surface area contributed by atoms with Crippen LogP contribution in [-0.2, 0) is 17.8 Å². The van der Waals surface area contributed by atoms with E-state index in [9.17, 15) is 4.79 Å². The maximum atomic E-state index is 10.4. The fourth-order valence-corrected chi connectivity index (χ4v) is 1.42. The lowest BCUT2D eigenvalue weighted by Crippen LogP contribution is -2.01. The van der Waals surface area contributed by atoms with Crippen LogP contribution in [0.2, 0.25) is 0 Å². The lowest BCUT2D eigenvalue weighted by Gasteiger charge is -1.98. The molecule has 0 saturated carbocycles. The van der Waals surface area contributed by atoms with Gasteiger partial charge in [-0.1, -0.05) is 11.3 Å². The SMILES string of the molecule is O=C(O)CCc1cn(Cc2ccccn2)nn1. The summed E-state index contributed by atoms with van der Waals surface area (Å²) >= 11 is 0. The third kappa shape index (κ3) is 3.37. The van der Waals surface area contributed by atoms with Gasteiger partial charge in [-0.25, -0.2) is 4.68 Å². The molecular formula is C11H12N4O2. The smallest absolute Gasteiger partial charge is 0.303 e. The van der Waals surface area contributed by atoms with Gasteiger partial charge in [0.2, 0.25) is 0 Å². The topological polar surface area (TPSA) is 80.9 Å². The molecule has 17 heavy (non-hydrogen) atoms. The highest BCUT2D eigenvalue weighted by Gasteiger charge is 2.04. The molecule has 0 radical (unpaired) electrons. The second-order valence-corrected chi connectivity index (χ2v) is 3.62. The van der Waals surface area contributed by atoms with Crippen molar-refractivity contribution >= 4 is 5.97 Å². The van der Waals surface area contributed by atoms with E-state index in [1.54, 1.807) is 17.1 Å². The molecule has 0 atom stereocenters. The van der Waals surface area contributed by atoms with Crippen LogP contribution in [0.25, 0.3) is 0 Å². The van der Waals surface area contributed by atoms with E-state index in [4.69, 9.17) is 5.11 Å². The minimum atomic E-state index is -0.829.